The first-order valence-electron chi connectivity index (χ1n) is 10.8. The summed E-state index contributed by atoms with van der Waals surface area (Å²) in [5, 5.41) is 7.23. The molecule has 7 nitrogen and oxygen atoms in total. The molecule has 0 spiro atoms. The first-order chi connectivity index (χ1) is 15.5. The molecule has 1 heterocycles. The average molecular weight is 436 g/mol. The van der Waals surface area contributed by atoms with E-state index in [1.165, 1.54) is 16.3 Å². The summed E-state index contributed by atoms with van der Waals surface area (Å²) in [5.41, 5.74) is 2.53. The minimum absolute atomic E-state index is 0.228. The lowest BCUT2D eigenvalue weighted by molar-refractivity contribution is -0.127. The van der Waals surface area contributed by atoms with Crippen molar-refractivity contribution in [2.75, 3.05) is 13.2 Å². The number of benzene rings is 2. The number of amides is 1. The zero-order valence-electron chi connectivity index (χ0n) is 18.7. The quantitative estimate of drug-likeness (QED) is 0.527. The normalized spacial score (nSPS) is 11.6. The number of nitrogens with one attached hydrogen (secondary N) is 1. The van der Waals surface area contributed by atoms with E-state index >= 15 is 0 Å². The number of aryl methyl sites for hydroxylation is 1. The van der Waals surface area contributed by atoms with Gasteiger partial charge in [0.1, 0.15) is 11.5 Å². The van der Waals surface area contributed by atoms with Crippen LogP contribution in [0.5, 0.6) is 11.5 Å². The minimum atomic E-state index is -0.651. The van der Waals surface area contributed by atoms with Crippen LogP contribution in [0.15, 0.2) is 65.5 Å². The SMILES string of the molecule is CCOc1ccc(-c2ccc(=O)n(CCNC(=O)C(C)Oc3ccc(CC)cc3)n2)cc1. The molecule has 3 aromatic rings. The van der Waals surface area contributed by atoms with E-state index in [0.29, 0.717) is 18.1 Å². The Bertz CT molecular complexity index is 1080. The molecule has 2 aromatic carbocycles. The third-order valence-corrected chi connectivity index (χ3v) is 4.96. The Labute approximate surface area is 188 Å². The van der Waals surface area contributed by atoms with Crippen molar-refractivity contribution in [3.8, 4) is 22.8 Å². The van der Waals surface area contributed by atoms with E-state index in [2.05, 4.69) is 17.3 Å². The standard InChI is InChI=1S/C25H29N3O4/c1-4-19-6-10-22(11-7-19)32-18(3)25(30)26-16-17-28-24(29)15-14-23(27-28)20-8-12-21(13-9-20)31-5-2/h6-15,18H,4-5,16-17H2,1-3H3,(H,26,30). The smallest absolute Gasteiger partial charge is 0.266 e. The second-order valence-electron chi connectivity index (χ2n) is 7.29. The summed E-state index contributed by atoms with van der Waals surface area (Å²) < 4.78 is 12.5. The van der Waals surface area contributed by atoms with Gasteiger partial charge >= 0.3 is 0 Å². The molecule has 1 aromatic heterocycles. The Balaban J connectivity index is 1.56. The van der Waals surface area contributed by atoms with Crippen LogP contribution in [0.4, 0.5) is 0 Å². The number of hydrogen-bond acceptors (Lipinski definition) is 5. The topological polar surface area (TPSA) is 82.5 Å². The number of carbonyl (C=O) groups excluding carboxylic acids is 1. The van der Waals surface area contributed by atoms with Crippen molar-refractivity contribution in [2.45, 2.75) is 39.8 Å². The Hall–Kier alpha value is -3.61. The van der Waals surface area contributed by atoms with Gasteiger partial charge in [0.05, 0.1) is 18.8 Å². The fourth-order valence-electron chi connectivity index (χ4n) is 3.14. The van der Waals surface area contributed by atoms with E-state index in [0.717, 1.165) is 17.7 Å². The van der Waals surface area contributed by atoms with Gasteiger partial charge in [-0.2, -0.15) is 5.10 Å². The number of rotatable bonds is 10. The zero-order chi connectivity index (χ0) is 22.9. The second kappa shape index (κ2) is 11.1. The summed E-state index contributed by atoms with van der Waals surface area (Å²) in [4.78, 5) is 24.6. The highest BCUT2D eigenvalue weighted by Crippen LogP contribution is 2.20. The molecule has 3 rings (SSSR count). The molecule has 0 saturated carbocycles. The van der Waals surface area contributed by atoms with Gasteiger partial charge in [0.2, 0.25) is 0 Å². The molecule has 1 amide bonds. The molecular weight excluding hydrogens is 406 g/mol. The molecule has 168 valence electrons. The molecule has 32 heavy (non-hydrogen) atoms. The molecule has 0 fully saturated rings. The highest BCUT2D eigenvalue weighted by molar-refractivity contribution is 5.80. The molecular formula is C25H29N3O4. The van der Waals surface area contributed by atoms with E-state index < -0.39 is 6.10 Å². The predicted molar refractivity (Wildman–Crippen MR) is 124 cm³/mol. The number of nitrogens with zero attached hydrogens (tertiary/aromatic N) is 2. The van der Waals surface area contributed by atoms with Gasteiger partial charge in [0.15, 0.2) is 6.10 Å². The summed E-state index contributed by atoms with van der Waals surface area (Å²) in [5.74, 6) is 1.18. The van der Waals surface area contributed by atoms with Crippen molar-refractivity contribution in [3.05, 3.63) is 76.6 Å². The van der Waals surface area contributed by atoms with E-state index in [1.54, 1.807) is 13.0 Å². The lowest BCUT2D eigenvalue weighted by atomic mass is 10.1. The van der Waals surface area contributed by atoms with Crippen molar-refractivity contribution >= 4 is 5.91 Å². The number of carbonyl (C=O) groups is 1. The fourth-order valence-corrected chi connectivity index (χ4v) is 3.14. The third kappa shape index (κ3) is 6.20. The van der Waals surface area contributed by atoms with Gasteiger partial charge in [-0.3, -0.25) is 9.59 Å². The van der Waals surface area contributed by atoms with E-state index in [4.69, 9.17) is 9.47 Å². The summed E-state index contributed by atoms with van der Waals surface area (Å²) in [6.45, 7) is 6.83. The summed E-state index contributed by atoms with van der Waals surface area (Å²) in [6, 6.07) is 18.4. The monoisotopic (exact) mass is 435 g/mol. The molecule has 0 aliphatic carbocycles. The van der Waals surface area contributed by atoms with Crippen molar-refractivity contribution in [1.82, 2.24) is 15.1 Å². The number of ether oxygens (including phenoxy) is 2. The van der Waals surface area contributed by atoms with Gasteiger partial charge in [-0.1, -0.05) is 19.1 Å². The molecule has 7 heteroatoms. The van der Waals surface area contributed by atoms with Crippen LogP contribution in [0.1, 0.15) is 26.3 Å². The summed E-state index contributed by atoms with van der Waals surface area (Å²) >= 11 is 0. The third-order valence-electron chi connectivity index (χ3n) is 4.96. The largest absolute Gasteiger partial charge is 0.494 e. The summed E-state index contributed by atoms with van der Waals surface area (Å²) in [7, 11) is 0. The van der Waals surface area contributed by atoms with Crippen LogP contribution in [0, 0.1) is 0 Å². The maximum atomic E-state index is 12.4. The van der Waals surface area contributed by atoms with Gasteiger partial charge in [0, 0.05) is 18.2 Å². The van der Waals surface area contributed by atoms with Crippen molar-refractivity contribution in [1.29, 1.82) is 0 Å². The van der Waals surface area contributed by atoms with Gasteiger partial charge in [0.25, 0.3) is 11.5 Å². The minimum Gasteiger partial charge on any atom is -0.494 e. The van der Waals surface area contributed by atoms with Crippen LogP contribution in [0.2, 0.25) is 0 Å². The second-order valence-corrected chi connectivity index (χ2v) is 7.29. The predicted octanol–water partition coefficient (Wildman–Crippen LogP) is 3.46. The maximum Gasteiger partial charge on any atom is 0.266 e. The number of hydrogen-bond donors (Lipinski definition) is 1. The molecule has 0 aliphatic heterocycles. The van der Waals surface area contributed by atoms with Gasteiger partial charge < -0.3 is 14.8 Å². The van der Waals surface area contributed by atoms with Crippen LogP contribution >= 0.6 is 0 Å². The van der Waals surface area contributed by atoms with Crippen LogP contribution in [-0.2, 0) is 17.8 Å². The Kier molecular flexibility index (Phi) is 8.02. The first kappa shape index (κ1) is 23.1. The zero-order valence-corrected chi connectivity index (χ0v) is 18.7. The van der Waals surface area contributed by atoms with Crippen LogP contribution in [0.25, 0.3) is 11.3 Å². The summed E-state index contributed by atoms with van der Waals surface area (Å²) in [6.07, 6.45) is 0.297. The van der Waals surface area contributed by atoms with Crippen molar-refractivity contribution in [3.63, 3.8) is 0 Å². The molecule has 0 radical (unpaired) electrons. The highest BCUT2D eigenvalue weighted by Gasteiger charge is 2.14. The van der Waals surface area contributed by atoms with E-state index in [-0.39, 0.29) is 24.6 Å². The van der Waals surface area contributed by atoms with Crippen LogP contribution < -0.4 is 20.3 Å². The van der Waals surface area contributed by atoms with Crippen molar-refractivity contribution < 1.29 is 14.3 Å². The number of aromatic nitrogens is 2. The molecule has 0 aliphatic rings. The molecule has 1 N–H and O–H groups in total. The van der Waals surface area contributed by atoms with Crippen LogP contribution in [-0.4, -0.2) is 34.9 Å². The first-order valence-corrected chi connectivity index (χ1v) is 10.8. The average Bonchev–Trinajstić information content (AvgIpc) is 2.81. The Morgan fingerprint density at radius 2 is 1.69 bits per heavy atom. The fraction of sp³-hybridized carbons (Fsp3) is 0.320. The Morgan fingerprint density at radius 1 is 1.00 bits per heavy atom. The van der Waals surface area contributed by atoms with E-state index in [1.807, 2.05) is 55.5 Å². The van der Waals surface area contributed by atoms with Crippen LogP contribution in [0.3, 0.4) is 0 Å². The molecule has 0 saturated heterocycles. The van der Waals surface area contributed by atoms with Gasteiger partial charge in [-0.25, -0.2) is 4.68 Å². The molecule has 1 unspecified atom stereocenters. The maximum absolute atomic E-state index is 12.4. The molecule has 1 atom stereocenters. The van der Waals surface area contributed by atoms with E-state index in [9.17, 15) is 9.59 Å². The Morgan fingerprint density at radius 3 is 2.34 bits per heavy atom. The van der Waals surface area contributed by atoms with Gasteiger partial charge in [-0.15, -0.1) is 0 Å². The van der Waals surface area contributed by atoms with Gasteiger partial charge in [-0.05, 0) is 68.3 Å². The highest BCUT2D eigenvalue weighted by atomic mass is 16.5. The van der Waals surface area contributed by atoms with Crippen molar-refractivity contribution in [2.24, 2.45) is 0 Å². The lowest BCUT2D eigenvalue weighted by Gasteiger charge is -2.15. The lowest BCUT2D eigenvalue weighted by Crippen LogP contribution is -2.39. The molecule has 0 bridgehead atoms.